The molecule has 2 heterocycles. The summed E-state index contributed by atoms with van der Waals surface area (Å²) in [5.41, 5.74) is 1.77. The van der Waals surface area contributed by atoms with E-state index in [9.17, 15) is 9.59 Å². The summed E-state index contributed by atoms with van der Waals surface area (Å²) in [4.78, 5) is 33.5. The molecule has 0 unspecified atom stereocenters. The molecular formula is C26H8Cl8N4O2. The Balaban J connectivity index is 1.42. The van der Waals surface area contributed by atoms with Crippen LogP contribution in [0, 0.1) is 0 Å². The predicted molar refractivity (Wildman–Crippen MR) is 166 cm³/mol. The molecule has 0 saturated heterocycles. The van der Waals surface area contributed by atoms with Gasteiger partial charge in [-0.25, -0.2) is 0 Å². The molecule has 40 heavy (non-hydrogen) atoms. The molecule has 0 fully saturated rings. The van der Waals surface area contributed by atoms with Crippen molar-refractivity contribution in [1.82, 2.24) is 0 Å². The monoisotopic (exact) mass is 688 g/mol. The molecule has 0 saturated carbocycles. The van der Waals surface area contributed by atoms with Gasteiger partial charge in [0.15, 0.2) is 0 Å². The van der Waals surface area contributed by atoms with E-state index in [2.05, 4.69) is 20.6 Å². The summed E-state index contributed by atoms with van der Waals surface area (Å²) in [6.07, 6.45) is 0. The van der Waals surface area contributed by atoms with Crippen molar-refractivity contribution < 1.29 is 9.59 Å². The second kappa shape index (κ2) is 10.2. The van der Waals surface area contributed by atoms with Crippen LogP contribution in [-0.4, -0.2) is 23.5 Å². The molecule has 0 aliphatic carbocycles. The minimum atomic E-state index is -0.609. The highest BCUT2D eigenvalue weighted by molar-refractivity contribution is 6.56. The number of hydrogen-bond acceptors (Lipinski definition) is 4. The molecule has 14 heteroatoms. The van der Waals surface area contributed by atoms with E-state index in [1.54, 1.807) is 24.3 Å². The van der Waals surface area contributed by atoms with E-state index >= 15 is 0 Å². The first-order valence-corrected chi connectivity index (χ1v) is 14.1. The number of anilines is 2. The number of rotatable bonds is 2. The molecular weight excluding hydrogens is 684 g/mol. The third-order valence-corrected chi connectivity index (χ3v) is 9.89. The van der Waals surface area contributed by atoms with Gasteiger partial charge in [0.2, 0.25) is 0 Å². The van der Waals surface area contributed by atoms with Crippen LogP contribution < -0.4 is 10.6 Å². The number of carbonyl (C=O) groups is 2. The Labute approximate surface area is 265 Å². The number of nitrogens with one attached hydrogen (secondary N) is 2. The zero-order valence-corrected chi connectivity index (χ0v) is 25.2. The van der Waals surface area contributed by atoms with Crippen molar-refractivity contribution in [3.63, 3.8) is 0 Å². The summed E-state index contributed by atoms with van der Waals surface area (Å²) < 4.78 is 0. The zero-order chi connectivity index (χ0) is 28.6. The van der Waals surface area contributed by atoms with Crippen molar-refractivity contribution in [2.75, 3.05) is 10.6 Å². The average Bonchev–Trinajstić information content (AvgIpc) is 3.44. The molecule has 0 radical (unpaired) electrons. The lowest BCUT2D eigenvalue weighted by atomic mass is 10.0. The van der Waals surface area contributed by atoms with Crippen molar-refractivity contribution in [2.24, 2.45) is 9.98 Å². The summed E-state index contributed by atoms with van der Waals surface area (Å²) in [7, 11) is 0. The first-order chi connectivity index (χ1) is 19.0. The van der Waals surface area contributed by atoms with E-state index in [0.717, 1.165) is 10.8 Å². The molecule has 2 amide bonds. The third kappa shape index (κ3) is 4.17. The van der Waals surface area contributed by atoms with Crippen LogP contribution >= 0.6 is 92.8 Å². The van der Waals surface area contributed by atoms with Crippen LogP contribution in [0.25, 0.3) is 10.8 Å². The maximum absolute atomic E-state index is 12.7. The smallest absolute Gasteiger partial charge is 0.281 e. The number of amides is 2. The standard InChI is InChI=1S/C26H8Cl8N4O2/c27-15-11-13(17(29)21(33)19(15)31)25(39)37-23(11)35-9-5-1-3-7-8(9)4-2-6-10(7)36-24-12-14(26(40)38-24)18(30)22(34)20(32)16(12)28/h1-6H,(H,35,37,39)(H,36,38,40). The molecule has 4 aromatic rings. The fourth-order valence-electron chi connectivity index (χ4n) is 4.50. The van der Waals surface area contributed by atoms with E-state index in [1.807, 2.05) is 12.1 Å². The zero-order valence-electron chi connectivity index (χ0n) is 19.2. The SMILES string of the molecule is O=C1N=C(Nc2cccc3c(NC4=NC(=O)c5c(Cl)c(Cl)c(Cl)c(Cl)c54)cccc23)c2c(Cl)c(Cl)c(Cl)c(Cl)c21. The van der Waals surface area contributed by atoms with E-state index in [4.69, 9.17) is 92.8 Å². The van der Waals surface area contributed by atoms with Gasteiger partial charge in [0.25, 0.3) is 11.8 Å². The Hall–Kier alpha value is -2.26. The number of halogens is 8. The average molecular weight is 692 g/mol. The van der Waals surface area contributed by atoms with Crippen molar-refractivity contribution in [3.05, 3.63) is 98.8 Å². The number of aliphatic imine (C=N–C) groups is 2. The highest BCUT2D eigenvalue weighted by Crippen LogP contribution is 2.46. The van der Waals surface area contributed by atoms with Crippen LogP contribution in [0.4, 0.5) is 11.4 Å². The molecule has 6 rings (SSSR count). The normalized spacial score (nSPS) is 13.9. The maximum atomic E-state index is 12.7. The van der Waals surface area contributed by atoms with Crippen LogP contribution in [0.1, 0.15) is 31.8 Å². The first kappa shape index (κ1) is 27.9. The van der Waals surface area contributed by atoms with Gasteiger partial charge in [0, 0.05) is 22.1 Å². The minimum absolute atomic E-state index is 0.00742. The quantitative estimate of drug-likeness (QED) is 0.162. The second-order valence-corrected chi connectivity index (χ2v) is 11.5. The van der Waals surface area contributed by atoms with E-state index in [-0.39, 0.29) is 74.1 Å². The molecule has 0 aromatic heterocycles. The van der Waals surface area contributed by atoms with E-state index in [1.165, 1.54) is 0 Å². The molecule has 200 valence electrons. The van der Waals surface area contributed by atoms with Crippen molar-refractivity contribution in [3.8, 4) is 0 Å². The molecule has 6 nitrogen and oxygen atoms in total. The summed E-state index contributed by atoms with van der Waals surface area (Å²) in [5, 5.41) is 7.74. The van der Waals surface area contributed by atoms with Gasteiger partial charge in [-0.1, -0.05) is 117 Å². The predicted octanol–water partition coefficient (Wildman–Crippen LogP) is 10.1. The van der Waals surface area contributed by atoms with Gasteiger partial charge in [0.05, 0.1) is 62.4 Å². The van der Waals surface area contributed by atoms with Crippen molar-refractivity contribution in [1.29, 1.82) is 0 Å². The lowest BCUT2D eigenvalue weighted by molar-refractivity contribution is 0.0998. The van der Waals surface area contributed by atoms with Gasteiger partial charge in [-0.3, -0.25) is 9.59 Å². The lowest BCUT2D eigenvalue weighted by Gasteiger charge is -2.16. The minimum Gasteiger partial charge on any atom is -0.339 e. The number of benzene rings is 4. The largest absolute Gasteiger partial charge is 0.339 e. The highest BCUT2D eigenvalue weighted by atomic mass is 35.5. The van der Waals surface area contributed by atoms with Crippen molar-refractivity contribution >= 4 is 138 Å². The van der Waals surface area contributed by atoms with Crippen LogP contribution in [0.3, 0.4) is 0 Å². The Morgan fingerprint density at radius 3 is 1.12 bits per heavy atom. The Bertz CT molecular complexity index is 1800. The van der Waals surface area contributed by atoms with Gasteiger partial charge in [-0.2, -0.15) is 9.98 Å². The van der Waals surface area contributed by atoms with Crippen molar-refractivity contribution in [2.45, 2.75) is 0 Å². The Morgan fingerprint density at radius 2 is 0.775 bits per heavy atom. The number of hydrogen-bond donors (Lipinski definition) is 2. The Kier molecular flexibility index (Phi) is 7.13. The summed E-state index contributed by atoms with van der Waals surface area (Å²) in [6.45, 7) is 0. The molecule has 2 aliphatic heterocycles. The highest BCUT2D eigenvalue weighted by Gasteiger charge is 2.34. The topological polar surface area (TPSA) is 82.9 Å². The molecule has 0 bridgehead atoms. The number of amidine groups is 2. The number of carbonyl (C=O) groups excluding carboxylic acids is 2. The van der Waals surface area contributed by atoms with E-state index in [0.29, 0.717) is 11.4 Å². The van der Waals surface area contributed by atoms with Crippen LogP contribution in [0.2, 0.25) is 40.2 Å². The fraction of sp³-hybridized carbons (Fsp3) is 0. The second-order valence-electron chi connectivity index (χ2n) is 8.50. The summed E-state index contributed by atoms with van der Waals surface area (Å²) in [6, 6.07) is 10.8. The van der Waals surface area contributed by atoms with Gasteiger partial charge in [-0.05, 0) is 12.1 Å². The molecule has 2 aliphatic rings. The van der Waals surface area contributed by atoms with Gasteiger partial charge >= 0.3 is 0 Å². The summed E-state index contributed by atoms with van der Waals surface area (Å²) >= 11 is 50.2. The number of fused-ring (bicyclic) bond motifs is 3. The molecule has 2 N–H and O–H groups in total. The number of nitrogens with zero attached hydrogens (tertiary/aromatic N) is 2. The third-order valence-electron chi connectivity index (χ3n) is 6.29. The van der Waals surface area contributed by atoms with Crippen LogP contribution in [0.5, 0.6) is 0 Å². The lowest BCUT2D eigenvalue weighted by Crippen LogP contribution is -2.14. The van der Waals surface area contributed by atoms with Gasteiger partial charge < -0.3 is 10.6 Å². The first-order valence-electron chi connectivity index (χ1n) is 11.1. The Morgan fingerprint density at radius 1 is 0.450 bits per heavy atom. The molecule has 0 atom stereocenters. The fourth-order valence-corrected chi connectivity index (χ4v) is 6.55. The maximum Gasteiger partial charge on any atom is 0.281 e. The molecule has 4 aromatic carbocycles. The van der Waals surface area contributed by atoms with Crippen LogP contribution in [-0.2, 0) is 0 Å². The van der Waals surface area contributed by atoms with Gasteiger partial charge in [0.1, 0.15) is 11.7 Å². The van der Waals surface area contributed by atoms with E-state index < -0.39 is 11.8 Å². The summed E-state index contributed by atoms with van der Waals surface area (Å²) in [5.74, 6) is -0.905. The van der Waals surface area contributed by atoms with Crippen LogP contribution in [0.15, 0.2) is 46.4 Å². The van der Waals surface area contributed by atoms with Gasteiger partial charge in [-0.15, -0.1) is 0 Å². The molecule has 0 spiro atoms.